The molecule has 0 bridgehead atoms. The summed E-state index contributed by atoms with van der Waals surface area (Å²) in [6.45, 7) is 2.23. The second-order valence-electron chi connectivity index (χ2n) is 4.84. The zero-order chi connectivity index (χ0) is 11.5. The summed E-state index contributed by atoms with van der Waals surface area (Å²) in [4.78, 5) is 11.0. The summed E-state index contributed by atoms with van der Waals surface area (Å²) in [5, 5.41) is 9.09. The molecule has 0 spiro atoms. The molecule has 0 amide bonds. The highest BCUT2D eigenvalue weighted by Gasteiger charge is 2.32. The average Bonchev–Trinajstić information content (AvgIpc) is 2.30. The smallest absolute Gasteiger partial charge is 0.306 e. The molecule has 1 aromatic carbocycles. The normalized spacial score (nSPS) is 29.9. The fraction of sp³-hybridized carbons (Fsp3) is 0.500. The molecule has 2 nitrogen and oxygen atoms in total. The Morgan fingerprint density at radius 3 is 2.56 bits per heavy atom. The van der Waals surface area contributed by atoms with Crippen molar-refractivity contribution in [3.05, 3.63) is 35.9 Å². The Labute approximate surface area is 96.3 Å². The molecule has 2 rings (SSSR count). The molecule has 16 heavy (non-hydrogen) atoms. The van der Waals surface area contributed by atoms with Crippen LogP contribution in [0.2, 0.25) is 0 Å². The van der Waals surface area contributed by atoms with Gasteiger partial charge in [0, 0.05) is 0 Å². The highest BCUT2D eigenvalue weighted by Crippen LogP contribution is 2.40. The van der Waals surface area contributed by atoms with Gasteiger partial charge in [-0.3, -0.25) is 4.79 Å². The van der Waals surface area contributed by atoms with Crippen LogP contribution in [-0.2, 0) is 4.79 Å². The molecule has 1 saturated carbocycles. The Balaban J connectivity index is 2.16. The minimum absolute atomic E-state index is 0.151. The number of hydrogen-bond donors (Lipinski definition) is 1. The first-order valence-corrected chi connectivity index (χ1v) is 5.96. The van der Waals surface area contributed by atoms with Gasteiger partial charge in [0.05, 0.1) is 5.92 Å². The van der Waals surface area contributed by atoms with Crippen molar-refractivity contribution in [2.75, 3.05) is 0 Å². The zero-order valence-electron chi connectivity index (χ0n) is 9.60. The van der Waals surface area contributed by atoms with E-state index < -0.39 is 5.97 Å². The van der Waals surface area contributed by atoms with Crippen LogP contribution in [-0.4, -0.2) is 11.1 Å². The fourth-order valence-corrected chi connectivity index (χ4v) is 2.71. The lowest BCUT2D eigenvalue weighted by atomic mass is 9.72. The van der Waals surface area contributed by atoms with Gasteiger partial charge in [-0.2, -0.15) is 0 Å². The number of carboxylic acids is 1. The van der Waals surface area contributed by atoms with Crippen molar-refractivity contribution in [3.63, 3.8) is 0 Å². The van der Waals surface area contributed by atoms with E-state index in [2.05, 4.69) is 19.1 Å². The summed E-state index contributed by atoms with van der Waals surface area (Å²) in [5.74, 6) is 0.225. The second-order valence-corrected chi connectivity index (χ2v) is 4.84. The molecule has 1 aliphatic carbocycles. The third-order valence-corrected chi connectivity index (χ3v) is 3.77. The minimum Gasteiger partial charge on any atom is -0.481 e. The molecule has 1 N–H and O–H groups in total. The molecule has 0 heterocycles. The van der Waals surface area contributed by atoms with E-state index in [-0.39, 0.29) is 5.92 Å². The van der Waals surface area contributed by atoms with Gasteiger partial charge in [0.15, 0.2) is 0 Å². The van der Waals surface area contributed by atoms with Crippen LogP contribution in [0.4, 0.5) is 0 Å². The highest BCUT2D eigenvalue weighted by atomic mass is 16.4. The van der Waals surface area contributed by atoms with Gasteiger partial charge in [-0.1, -0.05) is 37.3 Å². The Kier molecular flexibility index (Phi) is 3.28. The predicted octanol–water partition coefficient (Wildman–Crippen LogP) is 3.29. The first-order valence-electron chi connectivity index (χ1n) is 5.96. The topological polar surface area (TPSA) is 37.3 Å². The Hall–Kier alpha value is -1.31. The largest absolute Gasteiger partial charge is 0.481 e. The minimum atomic E-state index is -0.632. The molecule has 0 unspecified atom stereocenters. The molecule has 0 saturated heterocycles. The molecule has 1 fully saturated rings. The lowest BCUT2D eigenvalue weighted by Crippen LogP contribution is -2.26. The van der Waals surface area contributed by atoms with Crippen LogP contribution < -0.4 is 0 Å². The third kappa shape index (κ3) is 2.26. The number of hydrogen-bond acceptors (Lipinski definition) is 1. The third-order valence-electron chi connectivity index (χ3n) is 3.77. The molecule has 3 atom stereocenters. The van der Waals surface area contributed by atoms with Crippen molar-refractivity contribution in [1.29, 1.82) is 0 Å². The van der Waals surface area contributed by atoms with Crippen molar-refractivity contribution in [2.45, 2.75) is 32.1 Å². The molecule has 0 radical (unpaired) electrons. The Bertz CT molecular complexity index is 358. The van der Waals surface area contributed by atoms with E-state index in [0.717, 1.165) is 19.3 Å². The van der Waals surface area contributed by atoms with Gasteiger partial charge < -0.3 is 5.11 Å². The molecule has 1 aliphatic rings. The molecule has 2 heteroatoms. The quantitative estimate of drug-likeness (QED) is 0.827. The number of rotatable bonds is 2. The lowest BCUT2D eigenvalue weighted by Gasteiger charge is -2.32. The van der Waals surface area contributed by atoms with E-state index >= 15 is 0 Å². The van der Waals surface area contributed by atoms with E-state index in [0.29, 0.717) is 11.8 Å². The van der Waals surface area contributed by atoms with Crippen LogP contribution in [0, 0.1) is 11.8 Å². The number of carbonyl (C=O) groups is 1. The molecule has 0 aliphatic heterocycles. The molecular weight excluding hydrogens is 200 g/mol. The summed E-state index contributed by atoms with van der Waals surface area (Å²) in [6.07, 6.45) is 2.65. The van der Waals surface area contributed by atoms with E-state index in [9.17, 15) is 4.79 Å². The summed E-state index contributed by atoms with van der Waals surface area (Å²) in [5.41, 5.74) is 1.29. The Morgan fingerprint density at radius 1 is 1.25 bits per heavy atom. The van der Waals surface area contributed by atoms with Gasteiger partial charge in [0.1, 0.15) is 0 Å². The van der Waals surface area contributed by atoms with Crippen LogP contribution in [0.3, 0.4) is 0 Å². The zero-order valence-corrected chi connectivity index (χ0v) is 9.60. The maximum absolute atomic E-state index is 11.0. The predicted molar refractivity (Wildman–Crippen MR) is 63.3 cm³/mol. The van der Waals surface area contributed by atoms with E-state index in [4.69, 9.17) is 5.11 Å². The molecule has 0 aromatic heterocycles. The summed E-state index contributed by atoms with van der Waals surface area (Å²) < 4.78 is 0. The summed E-state index contributed by atoms with van der Waals surface area (Å²) in [7, 11) is 0. The van der Waals surface area contributed by atoms with E-state index in [1.54, 1.807) is 0 Å². The second kappa shape index (κ2) is 4.69. The number of carboxylic acid groups (broad SMARTS) is 1. The van der Waals surface area contributed by atoms with Crippen LogP contribution >= 0.6 is 0 Å². The maximum Gasteiger partial charge on any atom is 0.306 e. The lowest BCUT2D eigenvalue weighted by molar-refractivity contribution is -0.143. The fourth-order valence-electron chi connectivity index (χ4n) is 2.71. The maximum atomic E-state index is 11.0. The number of aliphatic carboxylic acids is 1. The van der Waals surface area contributed by atoms with Gasteiger partial charge in [0.2, 0.25) is 0 Å². The molecular formula is C14H18O2. The monoisotopic (exact) mass is 218 g/mol. The molecule has 86 valence electrons. The highest BCUT2D eigenvalue weighted by molar-refractivity contribution is 5.70. The van der Waals surface area contributed by atoms with E-state index in [1.165, 1.54) is 5.56 Å². The molecule has 1 aromatic rings. The average molecular weight is 218 g/mol. The first-order chi connectivity index (χ1) is 7.68. The van der Waals surface area contributed by atoms with Crippen LogP contribution in [0.25, 0.3) is 0 Å². The van der Waals surface area contributed by atoms with E-state index in [1.807, 2.05) is 18.2 Å². The van der Waals surface area contributed by atoms with Gasteiger partial charge in [-0.15, -0.1) is 0 Å². The van der Waals surface area contributed by atoms with Gasteiger partial charge >= 0.3 is 5.97 Å². The van der Waals surface area contributed by atoms with Crippen LogP contribution in [0.5, 0.6) is 0 Å². The van der Waals surface area contributed by atoms with Crippen molar-refractivity contribution >= 4 is 5.97 Å². The Morgan fingerprint density at radius 2 is 1.94 bits per heavy atom. The van der Waals surface area contributed by atoms with Crippen LogP contribution in [0.1, 0.15) is 37.7 Å². The SMILES string of the molecule is C[C@H]1CC[C@@H](C(=O)O)C[C@@H]1c1ccccc1. The summed E-state index contributed by atoms with van der Waals surface area (Å²) >= 11 is 0. The summed E-state index contributed by atoms with van der Waals surface area (Å²) in [6, 6.07) is 10.3. The first kappa shape index (κ1) is 11.2. The van der Waals surface area contributed by atoms with Crippen molar-refractivity contribution in [2.24, 2.45) is 11.8 Å². The number of benzene rings is 1. The van der Waals surface area contributed by atoms with Gasteiger partial charge in [-0.25, -0.2) is 0 Å². The van der Waals surface area contributed by atoms with Crippen LogP contribution in [0.15, 0.2) is 30.3 Å². The van der Waals surface area contributed by atoms with Crippen molar-refractivity contribution in [3.8, 4) is 0 Å². The van der Waals surface area contributed by atoms with Crippen molar-refractivity contribution in [1.82, 2.24) is 0 Å². The van der Waals surface area contributed by atoms with Gasteiger partial charge in [0.25, 0.3) is 0 Å². The standard InChI is InChI=1S/C14H18O2/c1-10-7-8-12(14(15)16)9-13(10)11-5-3-2-4-6-11/h2-6,10,12-13H,7-9H2,1H3,(H,15,16)/t10-,12+,13-/m0/s1. The van der Waals surface area contributed by atoms with Crippen molar-refractivity contribution < 1.29 is 9.90 Å². The van der Waals surface area contributed by atoms with Gasteiger partial charge in [-0.05, 0) is 36.7 Å².